The first kappa shape index (κ1) is 37.3. The van der Waals surface area contributed by atoms with Gasteiger partial charge in [-0.15, -0.1) is 0 Å². The molecule has 0 amide bonds. The van der Waals surface area contributed by atoms with Gasteiger partial charge in [0.05, 0.1) is 7.11 Å². The van der Waals surface area contributed by atoms with Crippen LogP contribution in [-0.2, 0) is 35.1 Å². The van der Waals surface area contributed by atoms with E-state index >= 15 is 0 Å². The number of carboxylic acid groups (broad SMARTS) is 3. The molecule has 1 fully saturated rings. The number of nitrogens with zero attached hydrogens (tertiary/aromatic N) is 2. The van der Waals surface area contributed by atoms with E-state index in [4.69, 9.17) is 18.9 Å². The molecule has 18 heteroatoms. The molecule has 0 radical (unpaired) electrons. The van der Waals surface area contributed by atoms with Gasteiger partial charge in [0.15, 0.2) is 29.0 Å². The Balaban J connectivity index is 1.32. The number of phenols is 2. The Morgan fingerprint density at radius 3 is 2.35 bits per heavy atom. The SMILES string of the molecule is COc1cc(/C=C/C(=O)OC[C@H]2O[C@@H](Oc3cc4c(cc3O)C[C@H](C(=O)O)N4/C=C/C3=CC(C(=O)O)=N[C@H](C(=O)O)C3)[C@H](O)[C@@H](O)[C@@H]2O)ccc1O. The Bertz CT molecular complexity index is 1870. The molecule has 5 rings (SSSR count). The molecular weight excluding hydrogens is 692 g/mol. The fourth-order valence-electron chi connectivity index (χ4n) is 5.68. The first-order chi connectivity index (χ1) is 24.7. The molecule has 0 unspecified atom stereocenters. The largest absolute Gasteiger partial charge is 0.504 e. The predicted molar refractivity (Wildman–Crippen MR) is 176 cm³/mol. The first-order valence-electron chi connectivity index (χ1n) is 15.5. The summed E-state index contributed by atoms with van der Waals surface area (Å²) < 4.78 is 21.5. The molecule has 0 aliphatic carbocycles. The van der Waals surface area contributed by atoms with E-state index in [1.165, 1.54) is 60.7 Å². The fourth-order valence-corrected chi connectivity index (χ4v) is 5.68. The highest BCUT2D eigenvalue weighted by atomic mass is 16.7. The van der Waals surface area contributed by atoms with Crippen molar-refractivity contribution in [3.8, 4) is 23.0 Å². The zero-order chi connectivity index (χ0) is 37.9. The van der Waals surface area contributed by atoms with Crippen molar-refractivity contribution in [3.05, 3.63) is 71.5 Å². The molecule has 18 nitrogen and oxygen atoms in total. The minimum atomic E-state index is -1.87. The van der Waals surface area contributed by atoms with E-state index in [1.54, 1.807) is 0 Å². The monoisotopic (exact) mass is 726 g/mol. The zero-order valence-corrected chi connectivity index (χ0v) is 27.2. The van der Waals surface area contributed by atoms with Crippen LogP contribution in [0, 0.1) is 0 Å². The molecule has 0 saturated carbocycles. The van der Waals surface area contributed by atoms with Gasteiger partial charge in [-0.25, -0.2) is 19.2 Å². The van der Waals surface area contributed by atoms with Crippen LogP contribution < -0.4 is 14.4 Å². The molecule has 3 heterocycles. The number of aliphatic hydroxyl groups is 3. The smallest absolute Gasteiger partial charge is 0.354 e. The fraction of sp³-hybridized carbons (Fsp3) is 0.324. The quantitative estimate of drug-likeness (QED) is 0.107. The number of benzene rings is 2. The maximum atomic E-state index is 12.4. The molecule has 1 saturated heterocycles. The van der Waals surface area contributed by atoms with Crippen LogP contribution in [-0.4, -0.2) is 127 Å². The van der Waals surface area contributed by atoms with Crippen molar-refractivity contribution in [1.82, 2.24) is 0 Å². The lowest BCUT2D eigenvalue weighted by Gasteiger charge is -2.40. The number of hydrogen-bond donors (Lipinski definition) is 8. The molecule has 0 bridgehead atoms. The van der Waals surface area contributed by atoms with E-state index in [0.717, 1.165) is 12.2 Å². The van der Waals surface area contributed by atoms with Gasteiger partial charge in [0.2, 0.25) is 6.29 Å². The summed E-state index contributed by atoms with van der Waals surface area (Å²) in [6.45, 7) is -0.602. The number of methoxy groups -OCH3 is 1. The number of ether oxygens (including phenoxy) is 4. The number of carbonyl (C=O) groups excluding carboxylic acids is 1. The van der Waals surface area contributed by atoms with Crippen molar-refractivity contribution < 1.29 is 79.0 Å². The second kappa shape index (κ2) is 15.5. The van der Waals surface area contributed by atoms with E-state index < -0.39 is 84.7 Å². The summed E-state index contributed by atoms with van der Waals surface area (Å²) in [7, 11) is 1.36. The van der Waals surface area contributed by atoms with Crippen LogP contribution in [0.1, 0.15) is 17.5 Å². The van der Waals surface area contributed by atoms with Crippen molar-refractivity contribution in [2.75, 3.05) is 18.6 Å². The number of carboxylic acids is 3. The predicted octanol–water partition coefficient (Wildman–Crippen LogP) is 0.188. The van der Waals surface area contributed by atoms with Gasteiger partial charge >= 0.3 is 23.9 Å². The maximum absolute atomic E-state index is 12.4. The normalized spacial score (nSPS) is 25.7. The summed E-state index contributed by atoms with van der Waals surface area (Å²) in [5.41, 5.74) is 0.810. The van der Waals surface area contributed by atoms with Crippen LogP contribution in [0.3, 0.4) is 0 Å². The Labute approximate surface area is 294 Å². The number of hydrogen-bond acceptors (Lipinski definition) is 15. The standard InChI is InChI=1S/C34H34N2O16/c1-49-24-10-15(2-4-22(24)37)3-5-27(39)50-14-26-28(40)29(41)30(42)34(52-26)51-25-13-20-17(12-23(25)38)11-21(33(47)48)36(20)7-6-16-8-18(31(43)44)35-19(9-16)32(45)46/h2-8,10,12-13,19,21,26,28-30,34,37-38,40-42H,9,11,14H2,1H3,(H,43,44)(H,45,46)(H,47,48)/b5-3+,7-6+/t19-,21+,26+,28+,29-,30+,34+/m0/s1. The van der Waals surface area contributed by atoms with Gasteiger partial charge in [-0.05, 0) is 53.1 Å². The lowest BCUT2D eigenvalue weighted by molar-refractivity contribution is -0.278. The summed E-state index contributed by atoms with van der Waals surface area (Å²) in [4.78, 5) is 52.6. The second-order valence-electron chi connectivity index (χ2n) is 11.9. The molecule has 0 aromatic heterocycles. The number of esters is 1. The maximum Gasteiger partial charge on any atom is 0.354 e. The van der Waals surface area contributed by atoms with Gasteiger partial charge in [0, 0.05) is 36.9 Å². The van der Waals surface area contributed by atoms with Crippen molar-refractivity contribution in [2.45, 2.75) is 55.6 Å². The van der Waals surface area contributed by atoms with Crippen LogP contribution in [0.15, 0.2) is 65.3 Å². The molecule has 276 valence electrons. The summed E-state index contributed by atoms with van der Waals surface area (Å²) >= 11 is 0. The lowest BCUT2D eigenvalue weighted by Crippen LogP contribution is -2.60. The Morgan fingerprint density at radius 1 is 0.923 bits per heavy atom. The van der Waals surface area contributed by atoms with Crippen LogP contribution in [0.2, 0.25) is 0 Å². The molecule has 7 atom stereocenters. The molecule has 3 aliphatic rings. The van der Waals surface area contributed by atoms with Crippen LogP contribution in [0.4, 0.5) is 5.69 Å². The van der Waals surface area contributed by atoms with Crippen LogP contribution >= 0.6 is 0 Å². The number of carbonyl (C=O) groups is 4. The third-order valence-electron chi connectivity index (χ3n) is 8.39. The van der Waals surface area contributed by atoms with Crippen LogP contribution in [0.25, 0.3) is 6.08 Å². The number of anilines is 1. The van der Waals surface area contributed by atoms with Gasteiger partial charge in [-0.2, -0.15) is 0 Å². The molecule has 52 heavy (non-hydrogen) atoms. The number of aliphatic hydroxyl groups excluding tert-OH is 3. The topological polar surface area (TPSA) is 283 Å². The van der Waals surface area contributed by atoms with E-state index in [9.17, 15) is 60.0 Å². The van der Waals surface area contributed by atoms with E-state index in [0.29, 0.717) is 11.1 Å². The number of aliphatic imine (C=N–C) groups is 1. The van der Waals surface area contributed by atoms with Crippen molar-refractivity contribution in [1.29, 1.82) is 0 Å². The molecule has 2 aromatic carbocycles. The highest BCUT2D eigenvalue weighted by molar-refractivity contribution is 6.41. The Kier molecular flexibility index (Phi) is 11.1. The van der Waals surface area contributed by atoms with E-state index in [2.05, 4.69) is 4.99 Å². The average Bonchev–Trinajstić information content (AvgIpc) is 3.47. The minimum Gasteiger partial charge on any atom is -0.504 e. The summed E-state index contributed by atoms with van der Waals surface area (Å²) in [6.07, 6.45) is -2.62. The Morgan fingerprint density at radius 2 is 1.67 bits per heavy atom. The first-order valence-corrected chi connectivity index (χ1v) is 15.5. The number of aromatic hydroxyl groups is 2. The minimum absolute atomic E-state index is 0.0862. The number of phenolic OH excluding ortho intramolecular Hbond substituents is 2. The molecule has 0 spiro atoms. The van der Waals surface area contributed by atoms with Gasteiger partial charge in [-0.1, -0.05) is 6.07 Å². The number of allylic oxidation sites excluding steroid dienone is 1. The summed E-state index contributed by atoms with van der Waals surface area (Å²) in [5.74, 6) is -5.67. The van der Waals surface area contributed by atoms with Gasteiger partial charge in [-0.3, -0.25) is 4.99 Å². The van der Waals surface area contributed by atoms with Crippen molar-refractivity contribution >= 4 is 41.4 Å². The Hall–Kier alpha value is -5.95. The number of aliphatic carboxylic acids is 3. The van der Waals surface area contributed by atoms with Gasteiger partial charge < -0.3 is 64.7 Å². The second-order valence-corrected chi connectivity index (χ2v) is 11.9. The summed E-state index contributed by atoms with van der Waals surface area (Å²) in [5, 5.41) is 80.9. The molecule has 3 aliphatic heterocycles. The number of dihydropyridines is 1. The number of rotatable bonds is 12. The summed E-state index contributed by atoms with van der Waals surface area (Å²) in [6, 6.07) is 4.23. The van der Waals surface area contributed by atoms with Gasteiger partial charge in [0.1, 0.15) is 42.8 Å². The zero-order valence-electron chi connectivity index (χ0n) is 27.2. The average molecular weight is 727 g/mol. The highest BCUT2D eigenvalue weighted by Gasteiger charge is 2.46. The van der Waals surface area contributed by atoms with Gasteiger partial charge in [0.25, 0.3) is 0 Å². The van der Waals surface area contributed by atoms with E-state index in [1.807, 2.05) is 0 Å². The van der Waals surface area contributed by atoms with E-state index in [-0.39, 0.29) is 41.4 Å². The molecule has 8 N–H and O–H groups in total. The molecule has 2 aromatic rings. The lowest BCUT2D eigenvalue weighted by atomic mass is 9.99. The molecular formula is C34H34N2O16. The van der Waals surface area contributed by atoms with Crippen LogP contribution in [0.5, 0.6) is 23.0 Å². The highest BCUT2D eigenvalue weighted by Crippen LogP contribution is 2.42. The van der Waals surface area contributed by atoms with Crippen molar-refractivity contribution in [2.24, 2.45) is 4.99 Å². The third kappa shape index (κ3) is 8.16. The third-order valence-corrected chi connectivity index (χ3v) is 8.39. The van der Waals surface area contributed by atoms with Crippen molar-refractivity contribution in [3.63, 3.8) is 0 Å². The number of fused-ring (bicyclic) bond motifs is 1.